The summed E-state index contributed by atoms with van der Waals surface area (Å²) in [6.07, 6.45) is 0.136. The first-order valence-corrected chi connectivity index (χ1v) is 20.4. The molecule has 302 valence electrons. The molecule has 0 bridgehead atoms. The Balaban J connectivity index is 0.968. The van der Waals surface area contributed by atoms with Crippen molar-refractivity contribution in [2.75, 3.05) is 6.61 Å². The molecule has 0 spiro atoms. The molecule has 0 fully saturated rings. The van der Waals surface area contributed by atoms with Gasteiger partial charge in [-0.15, -0.1) is 0 Å². The molecule has 0 aromatic heterocycles. The summed E-state index contributed by atoms with van der Waals surface area (Å²) in [4.78, 5) is 28.9. The van der Waals surface area contributed by atoms with Crippen molar-refractivity contribution < 1.29 is 28.9 Å². The van der Waals surface area contributed by atoms with E-state index in [1.165, 1.54) is 0 Å². The number of aryl methyl sites for hydroxylation is 1. The van der Waals surface area contributed by atoms with Gasteiger partial charge in [0.25, 0.3) is 0 Å². The summed E-state index contributed by atoms with van der Waals surface area (Å²) in [5.41, 5.74) is 9.23. The second kappa shape index (κ2) is 17.9. The Hall–Kier alpha value is -6.31. The lowest BCUT2D eigenvalue weighted by Gasteiger charge is -2.38. The number of carbonyl (C=O) groups excluding carboxylic acids is 1. The van der Waals surface area contributed by atoms with Crippen LogP contribution in [0.4, 0.5) is 0 Å². The molecule has 2 heterocycles. The summed E-state index contributed by atoms with van der Waals surface area (Å²) < 4.78 is 18.8. The van der Waals surface area contributed by atoms with Gasteiger partial charge in [0, 0.05) is 19.5 Å². The highest BCUT2D eigenvalue weighted by atomic mass is 35.5. The number of hydrogen-bond acceptors (Lipinski definition) is 7. The van der Waals surface area contributed by atoms with Crippen LogP contribution in [0, 0.1) is 18.3 Å². The summed E-state index contributed by atoms with van der Waals surface area (Å²) in [6.45, 7) is 3.63. The van der Waals surface area contributed by atoms with Crippen LogP contribution >= 0.6 is 23.2 Å². The summed E-state index contributed by atoms with van der Waals surface area (Å²) in [5, 5.41) is 23.3. The second-order valence-corrected chi connectivity index (χ2v) is 15.9. The van der Waals surface area contributed by atoms with E-state index in [0.29, 0.717) is 65.6 Å². The Bertz CT molecular complexity index is 2570. The molecule has 0 aliphatic carbocycles. The molecule has 0 radical (unpaired) electrons. The molecule has 0 saturated heterocycles. The maximum Gasteiger partial charge on any atom is 0.326 e. The number of hydrogen-bond donors (Lipinski definition) is 2. The number of fused-ring (bicyclic) bond motifs is 2. The van der Waals surface area contributed by atoms with Gasteiger partial charge in [-0.3, -0.25) is 9.69 Å². The molecule has 3 atom stereocenters. The molecule has 11 heteroatoms. The topological polar surface area (TPSA) is 121 Å². The highest BCUT2D eigenvalue weighted by Gasteiger charge is 2.36. The van der Waals surface area contributed by atoms with Crippen LogP contribution in [0.3, 0.4) is 0 Å². The number of benzene rings is 6. The van der Waals surface area contributed by atoms with E-state index < -0.39 is 18.1 Å². The van der Waals surface area contributed by atoms with Gasteiger partial charge in [-0.05, 0) is 112 Å². The Morgan fingerprint density at radius 3 is 2.27 bits per heavy atom. The van der Waals surface area contributed by atoms with Gasteiger partial charge in [0.2, 0.25) is 5.91 Å². The molecular weight excluding hydrogens is 797 g/mol. The number of carboxylic acid groups (broad SMARTS) is 1. The molecule has 1 amide bonds. The van der Waals surface area contributed by atoms with Crippen molar-refractivity contribution in [2.45, 2.75) is 57.6 Å². The molecule has 6 aromatic carbocycles. The average molecular weight is 839 g/mol. The van der Waals surface area contributed by atoms with Crippen molar-refractivity contribution in [2.24, 2.45) is 0 Å². The first-order valence-electron chi connectivity index (χ1n) is 19.6. The zero-order chi connectivity index (χ0) is 41.8. The third kappa shape index (κ3) is 9.27. The normalized spacial score (nSPS) is 16.2. The highest BCUT2D eigenvalue weighted by Crippen LogP contribution is 2.41. The molecular formula is C49H41Cl2N3O6. The fourth-order valence-corrected chi connectivity index (χ4v) is 7.97. The van der Waals surface area contributed by atoms with Crippen LogP contribution in [0.1, 0.15) is 50.6 Å². The van der Waals surface area contributed by atoms with Gasteiger partial charge in [0.1, 0.15) is 25.0 Å². The molecule has 9 nitrogen and oxygen atoms in total. The lowest BCUT2D eigenvalue weighted by atomic mass is 9.91. The van der Waals surface area contributed by atoms with E-state index >= 15 is 0 Å². The van der Waals surface area contributed by atoms with Gasteiger partial charge in [-0.2, -0.15) is 5.26 Å². The number of nitrogens with zero attached hydrogens (tertiary/aromatic N) is 2. The van der Waals surface area contributed by atoms with Crippen LogP contribution in [0.25, 0.3) is 11.1 Å². The molecule has 0 saturated carbocycles. The second-order valence-electron chi connectivity index (χ2n) is 15.1. The number of halogens is 2. The van der Waals surface area contributed by atoms with Gasteiger partial charge in [0.15, 0.2) is 17.6 Å². The van der Waals surface area contributed by atoms with Gasteiger partial charge in [-0.1, -0.05) is 102 Å². The number of nitriles is 1. The summed E-state index contributed by atoms with van der Waals surface area (Å²) in [7, 11) is 0. The first kappa shape index (κ1) is 40.5. The largest absolute Gasteiger partial charge is 0.489 e. The quantitative estimate of drug-likeness (QED) is 0.125. The van der Waals surface area contributed by atoms with Crippen LogP contribution in [0.5, 0.6) is 17.2 Å². The predicted molar refractivity (Wildman–Crippen MR) is 230 cm³/mol. The Kier molecular flexibility index (Phi) is 12.1. The molecule has 60 heavy (non-hydrogen) atoms. The van der Waals surface area contributed by atoms with E-state index in [0.717, 1.165) is 50.1 Å². The number of nitrogens with one attached hydrogen (secondary N) is 1. The number of ether oxygens (including phenoxy) is 3. The van der Waals surface area contributed by atoms with E-state index in [4.69, 9.17) is 42.7 Å². The summed E-state index contributed by atoms with van der Waals surface area (Å²) in [6, 6.07) is 40.4. The van der Waals surface area contributed by atoms with Crippen LogP contribution in [-0.2, 0) is 42.1 Å². The number of rotatable bonds is 12. The first-order chi connectivity index (χ1) is 29.1. The Morgan fingerprint density at radius 1 is 0.867 bits per heavy atom. The molecule has 6 aromatic rings. The third-order valence-electron chi connectivity index (χ3n) is 11.1. The highest BCUT2D eigenvalue weighted by molar-refractivity contribution is 6.42. The van der Waals surface area contributed by atoms with Crippen LogP contribution in [-0.4, -0.2) is 40.6 Å². The maximum absolute atomic E-state index is 14.2. The van der Waals surface area contributed by atoms with E-state index in [9.17, 15) is 14.7 Å². The lowest BCUT2D eigenvalue weighted by Crippen LogP contribution is -2.54. The van der Waals surface area contributed by atoms with E-state index in [1.807, 2.05) is 104 Å². The van der Waals surface area contributed by atoms with Gasteiger partial charge >= 0.3 is 5.97 Å². The van der Waals surface area contributed by atoms with Crippen molar-refractivity contribution in [3.63, 3.8) is 0 Å². The van der Waals surface area contributed by atoms with Gasteiger partial charge in [-0.25, -0.2) is 4.79 Å². The number of aliphatic carboxylic acids is 1. The molecule has 2 aliphatic rings. The minimum absolute atomic E-state index is 0.115. The molecule has 2 N–H and O–H groups in total. The molecule has 2 aliphatic heterocycles. The van der Waals surface area contributed by atoms with E-state index in [1.54, 1.807) is 24.3 Å². The summed E-state index contributed by atoms with van der Waals surface area (Å²) >= 11 is 12.2. The van der Waals surface area contributed by atoms with Crippen LogP contribution in [0.2, 0.25) is 10.0 Å². The lowest BCUT2D eigenvalue weighted by molar-refractivity contribution is -0.142. The molecule has 8 rings (SSSR count). The Labute approximate surface area is 358 Å². The van der Waals surface area contributed by atoms with Crippen molar-refractivity contribution >= 4 is 35.1 Å². The van der Waals surface area contributed by atoms with Crippen LogP contribution in [0.15, 0.2) is 127 Å². The van der Waals surface area contributed by atoms with Gasteiger partial charge in [0.05, 0.1) is 27.7 Å². The van der Waals surface area contributed by atoms with E-state index in [-0.39, 0.29) is 18.4 Å². The number of carbonyl (C=O) groups is 2. The third-order valence-corrected chi connectivity index (χ3v) is 11.8. The van der Waals surface area contributed by atoms with Crippen LogP contribution < -0.4 is 19.5 Å². The minimum Gasteiger partial charge on any atom is -0.489 e. The SMILES string of the molecule is Cc1ccccc1CN1Cc2cc3c(cc2CC1C(=O)NC(Cc1ccc(-c2ccc(C#N)cc2)cc1)C(=O)O)OCC(c1ccc(OCc2ccc(Cl)c(Cl)c2)cc1)O3. The van der Waals surface area contributed by atoms with E-state index in [2.05, 4.69) is 22.4 Å². The van der Waals surface area contributed by atoms with Crippen molar-refractivity contribution in [3.8, 4) is 34.4 Å². The monoisotopic (exact) mass is 837 g/mol. The smallest absolute Gasteiger partial charge is 0.326 e. The standard InChI is InChI=1S/C49H41Cl2N3O6/c1-30-4-2-3-5-37(30)26-54-27-39-24-46-45(59-29-47(60-46)36-15-17-40(18-16-36)58-28-33-10-19-41(50)42(51)20-33)23-38(39)22-44(54)48(55)53-43(49(56)57)21-31-6-11-34(12-7-31)35-13-8-32(25-52)9-14-35/h2-20,23-24,43-44,47H,21-22,26-29H2,1H3,(H,53,55)(H,56,57). The molecule has 3 unspecified atom stereocenters. The maximum atomic E-state index is 14.2. The Morgan fingerprint density at radius 2 is 1.57 bits per heavy atom. The predicted octanol–water partition coefficient (Wildman–Crippen LogP) is 9.67. The van der Waals surface area contributed by atoms with Crippen molar-refractivity contribution in [1.82, 2.24) is 10.2 Å². The summed E-state index contributed by atoms with van der Waals surface area (Å²) in [5.74, 6) is 0.467. The number of amides is 1. The number of carboxylic acids is 1. The zero-order valence-corrected chi connectivity index (χ0v) is 34.2. The minimum atomic E-state index is -1.14. The fraction of sp³-hybridized carbons (Fsp3) is 0.204. The van der Waals surface area contributed by atoms with Gasteiger partial charge < -0.3 is 24.6 Å². The van der Waals surface area contributed by atoms with Crippen molar-refractivity contribution in [3.05, 3.63) is 182 Å². The van der Waals surface area contributed by atoms with Crippen molar-refractivity contribution in [1.29, 1.82) is 5.26 Å². The zero-order valence-electron chi connectivity index (χ0n) is 32.7. The average Bonchev–Trinajstić information content (AvgIpc) is 3.26. The fourth-order valence-electron chi connectivity index (χ4n) is 7.65.